The Morgan fingerprint density at radius 1 is 1.18 bits per heavy atom. The Morgan fingerprint density at radius 2 is 1.86 bits per heavy atom. The first-order valence-corrected chi connectivity index (χ1v) is 9.28. The number of hydrogen-bond donors (Lipinski definition) is 4. The highest BCUT2D eigenvalue weighted by atomic mass is 79.9. The Labute approximate surface area is 167 Å². The van der Waals surface area contributed by atoms with Crippen molar-refractivity contribution in [1.82, 2.24) is 20.6 Å². The summed E-state index contributed by atoms with van der Waals surface area (Å²) in [6.45, 7) is -0.101. The molecule has 0 atom stereocenters. The van der Waals surface area contributed by atoms with E-state index < -0.39 is 28.9 Å². The molecule has 1 aliphatic carbocycles. The first-order chi connectivity index (χ1) is 13.3. The molecular formula is C18H17BrN4O5. The van der Waals surface area contributed by atoms with Crippen LogP contribution < -0.4 is 16.2 Å². The molecule has 0 spiro atoms. The van der Waals surface area contributed by atoms with Gasteiger partial charge in [0.2, 0.25) is 0 Å². The van der Waals surface area contributed by atoms with Crippen molar-refractivity contribution in [3.63, 3.8) is 0 Å². The summed E-state index contributed by atoms with van der Waals surface area (Å²) in [7, 11) is 0. The summed E-state index contributed by atoms with van der Waals surface area (Å²) in [4.78, 5) is 53.2. The van der Waals surface area contributed by atoms with Crippen molar-refractivity contribution in [1.29, 1.82) is 0 Å². The van der Waals surface area contributed by atoms with E-state index in [1.807, 2.05) is 24.3 Å². The van der Waals surface area contributed by atoms with E-state index in [2.05, 4.69) is 36.5 Å². The molecule has 2 aromatic rings. The van der Waals surface area contributed by atoms with Crippen LogP contribution in [0.25, 0.3) is 0 Å². The molecule has 2 amide bonds. The molecule has 4 N–H and O–H groups in total. The van der Waals surface area contributed by atoms with Crippen LogP contribution in [-0.4, -0.2) is 39.4 Å². The predicted molar refractivity (Wildman–Crippen MR) is 102 cm³/mol. The summed E-state index contributed by atoms with van der Waals surface area (Å²) in [5.41, 5.74) is -0.507. The van der Waals surface area contributed by atoms with Gasteiger partial charge in [-0.2, -0.15) is 0 Å². The van der Waals surface area contributed by atoms with E-state index in [0.29, 0.717) is 0 Å². The van der Waals surface area contributed by atoms with Crippen molar-refractivity contribution in [2.45, 2.75) is 24.8 Å². The van der Waals surface area contributed by atoms with Gasteiger partial charge >= 0.3 is 5.97 Å². The number of carboxylic acids is 1. The summed E-state index contributed by atoms with van der Waals surface area (Å²) in [6, 6.07) is 7.58. The number of aromatic amines is 1. The monoisotopic (exact) mass is 448 g/mol. The van der Waals surface area contributed by atoms with E-state index in [0.717, 1.165) is 29.1 Å². The van der Waals surface area contributed by atoms with Gasteiger partial charge in [-0.05, 0) is 30.5 Å². The van der Waals surface area contributed by atoms with Crippen LogP contribution in [0.15, 0.2) is 39.7 Å². The third-order valence-electron chi connectivity index (χ3n) is 4.38. The zero-order chi connectivity index (χ0) is 20.3. The lowest BCUT2D eigenvalue weighted by molar-refractivity contribution is -0.136. The second-order valence-electron chi connectivity index (χ2n) is 6.42. The second-order valence-corrected chi connectivity index (χ2v) is 7.33. The van der Waals surface area contributed by atoms with Crippen LogP contribution >= 0.6 is 15.9 Å². The lowest BCUT2D eigenvalue weighted by Gasteiger charge is -2.18. The molecule has 0 radical (unpaired) electrons. The third-order valence-corrected chi connectivity index (χ3v) is 4.91. The summed E-state index contributed by atoms with van der Waals surface area (Å²) >= 11 is 3.37. The van der Waals surface area contributed by atoms with Crippen LogP contribution in [0.2, 0.25) is 0 Å². The molecule has 10 heteroatoms. The van der Waals surface area contributed by atoms with Crippen LogP contribution in [0.1, 0.15) is 45.8 Å². The Kier molecular flexibility index (Phi) is 5.59. The third kappa shape index (κ3) is 4.45. The number of nitrogens with zero attached hydrogens (tertiary/aromatic N) is 1. The number of carbonyl (C=O) groups is 3. The maximum Gasteiger partial charge on any atom is 0.305 e. The van der Waals surface area contributed by atoms with Gasteiger partial charge in [0.25, 0.3) is 17.4 Å². The van der Waals surface area contributed by atoms with E-state index >= 15 is 0 Å². The summed E-state index contributed by atoms with van der Waals surface area (Å²) in [5.74, 6) is -2.65. The molecule has 28 heavy (non-hydrogen) atoms. The summed E-state index contributed by atoms with van der Waals surface area (Å²) < 4.78 is 0.927. The van der Waals surface area contributed by atoms with E-state index in [1.54, 1.807) is 0 Å². The number of aliphatic carboxylic acids is 1. The van der Waals surface area contributed by atoms with Crippen LogP contribution in [0.5, 0.6) is 0 Å². The van der Waals surface area contributed by atoms with Crippen molar-refractivity contribution < 1.29 is 19.5 Å². The Bertz CT molecular complexity index is 982. The Balaban J connectivity index is 1.69. The molecule has 1 aromatic heterocycles. The lowest BCUT2D eigenvalue weighted by atomic mass is 10.0. The average molecular weight is 449 g/mol. The van der Waals surface area contributed by atoms with Gasteiger partial charge in [-0.15, -0.1) is 0 Å². The molecule has 0 unspecified atom stereocenters. The molecule has 9 nitrogen and oxygen atoms in total. The van der Waals surface area contributed by atoms with Gasteiger partial charge in [0.15, 0.2) is 5.82 Å². The first kappa shape index (κ1) is 19.7. The largest absolute Gasteiger partial charge is 0.481 e. The maximum atomic E-state index is 12.5. The van der Waals surface area contributed by atoms with Crippen LogP contribution in [0, 0.1) is 0 Å². The van der Waals surface area contributed by atoms with Gasteiger partial charge in [-0.1, -0.05) is 28.1 Å². The SMILES string of the molecule is O=C(O)CCNC(=O)c1ncc(C(=O)NC2(c3ccc(Br)cc3)CC2)c(=O)[nH]1. The van der Waals surface area contributed by atoms with E-state index in [-0.39, 0.29) is 24.4 Å². The van der Waals surface area contributed by atoms with Crippen LogP contribution in [0.3, 0.4) is 0 Å². The number of amides is 2. The minimum atomic E-state index is -1.06. The molecule has 1 heterocycles. The van der Waals surface area contributed by atoms with Gasteiger partial charge in [0, 0.05) is 17.2 Å². The topological polar surface area (TPSA) is 141 Å². The van der Waals surface area contributed by atoms with Crippen molar-refractivity contribution in [2.24, 2.45) is 0 Å². The van der Waals surface area contributed by atoms with Crippen LogP contribution in [0.4, 0.5) is 0 Å². The molecule has 3 rings (SSSR count). The van der Waals surface area contributed by atoms with E-state index in [1.165, 1.54) is 0 Å². The zero-order valence-corrected chi connectivity index (χ0v) is 16.2. The lowest BCUT2D eigenvalue weighted by Crippen LogP contribution is -2.38. The highest BCUT2D eigenvalue weighted by Gasteiger charge is 2.46. The molecule has 146 valence electrons. The molecular weight excluding hydrogens is 432 g/mol. The van der Waals surface area contributed by atoms with Gasteiger partial charge < -0.3 is 20.7 Å². The number of carbonyl (C=O) groups excluding carboxylic acids is 2. The quantitative estimate of drug-likeness (QED) is 0.500. The standard InChI is InChI=1S/C18H17BrN4O5/c19-11-3-1-10(2-4-11)18(6-7-18)23-16(27)12-9-21-14(22-15(12)26)17(28)20-8-5-13(24)25/h1-4,9H,5-8H2,(H,20,28)(H,23,27)(H,24,25)(H,21,22,26). The van der Waals surface area contributed by atoms with Gasteiger partial charge in [-0.25, -0.2) is 4.98 Å². The normalized spacial score (nSPS) is 14.2. The first-order valence-electron chi connectivity index (χ1n) is 8.49. The number of aromatic nitrogens is 2. The van der Waals surface area contributed by atoms with Gasteiger partial charge in [0.05, 0.1) is 12.0 Å². The fourth-order valence-electron chi connectivity index (χ4n) is 2.70. The smallest absolute Gasteiger partial charge is 0.305 e. The number of H-pyrrole nitrogens is 1. The van der Waals surface area contributed by atoms with E-state index in [4.69, 9.17) is 5.11 Å². The maximum absolute atomic E-state index is 12.5. The Morgan fingerprint density at radius 3 is 2.43 bits per heavy atom. The molecule has 0 bridgehead atoms. The number of nitrogens with one attached hydrogen (secondary N) is 3. The van der Waals surface area contributed by atoms with Crippen molar-refractivity contribution in [3.8, 4) is 0 Å². The van der Waals surface area contributed by atoms with E-state index in [9.17, 15) is 19.2 Å². The minimum absolute atomic E-state index is 0.101. The molecule has 0 aliphatic heterocycles. The summed E-state index contributed by atoms with van der Waals surface area (Å²) in [5, 5.41) is 13.8. The van der Waals surface area contributed by atoms with Gasteiger partial charge in [-0.3, -0.25) is 19.2 Å². The molecule has 1 saturated carbocycles. The Hall–Kier alpha value is -3.01. The fourth-order valence-corrected chi connectivity index (χ4v) is 2.97. The number of hydrogen-bond acceptors (Lipinski definition) is 5. The highest BCUT2D eigenvalue weighted by Crippen LogP contribution is 2.45. The molecule has 1 aliphatic rings. The van der Waals surface area contributed by atoms with Crippen molar-refractivity contribution in [2.75, 3.05) is 6.54 Å². The summed E-state index contributed by atoms with van der Waals surface area (Å²) in [6.07, 6.45) is 2.30. The second kappa shape index (κ2) is 7.93. The predicted octanol–water partition coefficient (Wildman–Crippen LogP) is 1.16. The van der Waals surface area contributed by atoms with Crippen LogP contribution in [-0.2, 0) is 10.3 Å². The fraction of sp³-hybridized carbons (Fsp3) is 0.278. The average Bonchev–Trinajstić information content (AvgIpc) is 3.42. The zero-order valence-electron chi connectivity index (χ0n) is 14.6. The van der Waals surface area contributed by atoms with Gasteiger partial charge in [0.1, 0.15) is 5.56 Å². The number of benzene rings is 1. The van der Waals surface area contributed by atoms with Crippen molar-refractivity contribution in [3.05, 3.63) is 62.2 Å². The highest BCUT2D eigenvalue weighted by molar-refractivity contribution is 9.10. The van der Waals surface area contributed by atoms with Crippen molar-refractivity contribution >= 4 is 33.7 Å². The number of rotatable bonds is 7. The molecule has 0 saturated heterocycles. The molecule has 1 fully saturated rings. The molecule has 1 aromatic carbocycles. The minimum Gasteiger partial charge on any atom is -0.481 e. The number of carboxylic acid groups (broad SMARTS) is 1. The number of halogens is 1.